The fraction of sp³-hybridized carbons (Fsp3) is 0.444. The van der Waals surface area contributed by atoms with Crippen molar-refractivity contribution in [2.45, 2.75) is 12.8 Å². The molecule has 0 bridgehead atoms. The SMILES string of the molecule is N#CC1(C2=C[C]=CNC2)CC1. The van der Waals surface area contributed by atoms with E-state index in [4.69, 9.17) is 5.26 Å². The summed E-state index contributed by atoms with van der Waals surface area (Å²) in [5.74, 6) is 0. The fourth-order valence-electron chi connectivity index (χ4n) is 1.35. The van der Waals surface area contributed by atoms with Crippen LogP contribution in [0.4, 0.5) is 0 Å². The van der Waals surface area contributed by atoms with Crippen LogP contribution in [-0.2, 0) is 0 Å². The Morgan fingerprint density at radius 1 is 1.64 bits per heavy atom. The molecule has 0 spiro atoms. The average Bonchev–Trinajstić information content (AvgIpc) is 2.86. The minimum absolute atomic E-state index is 0.117. The Labute approximate surface area is 66.2 Å². The van der Waals surface area contributed by atoms with Crippen LogP contribution in [0.2, 0.25) is 0 Å². The molecule has 2 heteroatoms. The second-order valence-corrected chi connectivity index (χ2v) is 3.06. The van der Waals surface area contributed by atoms with Crippen LogP contribution in [0.5, 0.6) is 0 Å². The molecule has 55 valence electrons. The molecule has 1 heterocycles. The molecule has 1 fully saturated rings. The first-order valence-electron chi connectivity index (χ1n) is 3.79. The van der Waals surface area contributed by atoms with Crippen LogP contribution in [0.3, 0.4) is 0 Å². The summed E-state index contributed by atoms with van der Waals surface area (Å²) >= 11 is 0. The van der Waals surface area contributed by atoms with Crippen molar-refractivity contribution in [3.05, 3.63) is 23.9 Å². The monoisotopic (exact) mass is 145 g/mol. The maximum Gasteiger partial charge on any atom is 0.0804 e. The lowest BCUT2D eigenvalue weighted by Crippen LogP contribution is -2.18. The largest absolute Gasteiger partial charge is 0.387 e. The third-order valence-electron chi connectivity index (χ3n) is 2.31. The molecule has 2 nitrogen and oxygen atoms in total. The lowest BCUT2D eigenvalue weighted by molar-refractivity contribution is 0.729. The zero-order chi connectivity index (χ0) is 7.73. The Morgan fingerprint density at radius 2 is 2.45 bits per heavy atom. The predicted molar refractivity (Wildman–Crippen MR) is 41.2 cm³/mol. The van der Waals surface area contributed by atoms with Crippen molar-refractivity contribution in [2.75, 3.05) is 6.54 Å². The van der Waals surface area contributed by atoms with Crippen molar-refractivity contribution >= 4 is 0 Å². The maximum atomic E-state index is 8.85. The Kier molecular flexibility index (Phi) is 1.25. The highest BCUT2D eigenvalue weighted by molar-refractivity contribution is 5.34. The molecule has 1 aliphatic heterocycles. The lowest BCUT2D eigenvalue weighted by atomic mass is 9.96. The zero-order valence-corrected chi connectivity index (χ0v) is 6.22. The van der Waals surface area contributed by atoms with Gasteiger partial charge >= 0.3 is 0 Å². The summed E-state index contributed by atoms with van der Waals surface area (Å²) in [4.78, 5) is 0. The van der Waals surface area contributed by atoms with Crippen LogP contribution < -0.4 is 5.32 Å². The Morgan fingerprint density at radius 3 is 2.91 bits per heavy atom. The van der Waals surface area contributed by atoms with Crippen LogP contribution in [0.15, 0.2) is 17.8 Å². The molecule has 0 atom stereocenters. The molecule has 0 aromatic rings. The van der Waals surface area contributed by atoms with Crippen molar-refractivity contribution in [3.63, 3.8) is 0 Å². The van der Waals surface area contributed by atoms with Crippen LogP contribution in [0, 0.1) is 22.8 Å². The first kappa shape index (κ1) is 6.48. The molecule has 1 radical (unpaired) electrons. The molecular weight excluding hydrogens is 136 g/mol. The number of nitrogens with zero attached hydrogens (tertiary/aromatic N) is 1. The Balaban J connectivity index is 2.22. The molecule has 1 N–H and O–H groups in total. The number of rotatable bonds is 1. The molecule has 0 amide bonds. The van der Waals surface area contributed by atoms with E-state index in [2.05, 4.69) is 17.5 Å². The summed E-state index contributed by atoms with van der Waals surface area (Å²) in [6.07, 6.45) is 8.74. The van der Waals surface area contributed by atoms with Gasteiger partial charge in [-0.25, -0.2) is 0 Å². The highest BCUT2D eigenvalue weighted by Gasteiger charge is 2.46. The van der Waals surface area contributed by atoms with E-state index in [0.29, 0.717) is 0 Å². The molecule has 0 aromatic carbocycles. The van der Waals surface area contributed by atoms with E-state index in [1.54, 1.807) is 6.20 Å². The third kappa shape index (κ3) is 0.932. The van der Waals surface area contributed by atoms with Crippen molar-refractivity contribution in [3.8, 4) is 6.07 Å². The third-order valence-corrected chi connectivity index (χ3v) is 2.31. The molecule has 0 saturated heterocycles. The number of hydrogen-bond donors (Lipinski definition) is 1. The van der Waals surface area contributed by atoms with E-state index in [9.17, 15) is 0 Å². The molecule has 0 aromatic heterocycles. The number of nitriles is 1. The highest BCUT2D eigenvalue weighted by atomic mass is 14.8. The molecular formula is C9H9N2. The van der Waals surface area contributed by atoms with E-state index in [1.165, 1.54) is 5.57 Å². The van der Waals surface area contributed by atoms with E-state index < -0.39 is 0 Å². The van der Waals surface area contributed by atoms with Gasteiger partial charge in [-0.05, 0) is 24.5 Å². The standard InChI is InChI=1S/C9H9N2/c10-7-9(3-4-9)8-2-1-5-11-6-8/h2,5,11H,3-4,6H2. The van der Waals surface area contributed by atoms with E-state index in [-0.39, 0.29) is 5.41 Å². The summed E-state index contributed by atoms with van der Waals surface area (Å²) in [7, 11) is 0. The minimum atomic E-state index is -0.117. The summed E-state index contributed by atoms with van der Waals surface area (Å²) in [5.41, 5.74) is 1.08. The van der Waals surface area contributed by atoms with Crippen molar-refractivity contribution in [1.29, 1.82) is 5.26 Å². The second kappa shape index (κ2) is 2.13. The van der Waals surface area contributed by atoms with Gasteiger partial charge in [0, 0.05) is 12.7 Å². The van der Waals surface area contributed by atoms with Gasteiger partial charge in [-0.1, -0.05) is 6.08 Å². The summed E-state index contributed by atoms with van der Waals surface area (Å²) in [6, 6.07) is 2.36. The molecule has 11 heavy (non-hydrogen) atoms. The second-order valence-electron chi connectivity index (χ2n) is 3.06. The highest BCUT2D eigenvalue weighted by Crippen LogP contribution is 2.51. The smallest absolute Gasteiger partial charge is 0.0804 e. The number of dihydropyridines is 1. The van der Waals surface area contributed by atoms with Gasteiger partial charge in [-0.2, -0.15) is 5.26 Å². The first-order valence-corrected chi connectivity index (χ1v) is 3.79. The normalized spacial score (nSPS) is 24.8. The molecule has 2 rings (SSSR count). The van der Waals surface area contributed by atoms with Crippen molar-refractivity contribution in [2.24, 2.45) is 5.41 Å². The molecule has 1 aliphatic carbocycles. The topological polar surface area (TPSA) is 35.8 Å². The first-order chi connectivity index (χ1) is 5.37. The Hall–Kier alpha value is -1.23. The van der Waals surface area contributed by atoms with E-state index in [1.807, 2.05) is 6.08 Å². The molecule has 0 unspecified atom stereocenters. The number of nitrogens with one attached hydrogen (secondary N) is 1. The molecule has 2 aliphatic rings. The Bertz CT molecular complexity index is 264. The van der Waals surface area contributed by atoms with Gasteiger partial charge in [-0.3, -0.25) is 0 Å². The summed E-state index contributed by atoms with van der Waals surface area (Å²) in [5, 5.41) is 11.9. The summed E-state index contributed by atoms with van der Waals surface area (Å²) < 4.78 is 0. The predicted octanol–water partition coefficient (Wildman–Crippen LogP) is 1.14. The quantitative estimate of drug-likeness (QED) is 0.600. The number of allylic oxidation sites excluding steroid dienone is 2. The minimum Gasteiger partial charge on any atom is -0.387 e. The summed E-state index contributed by atoms with van der Waals surface area (Å²) in [6.45, 7) is 0.820. The van der Waals surface area contributed by atoms with Gasteiger partial charge in [0.25, 0.3) is 0 Å². The zero-order valence-electron chi connectivity index (χ0n) is 6.22. The van der Waals surface area contributed by atoms with Gasteiger partial charge in [0.1, 0.15) is 0 Å². The van der Waals surface area contributed by atoms with E-state index >= 15 is 0 Å². The van der Waals surface area contributed by atoms with Gasteiger partial charge in [0.05, 0.1) is 11.5 Å². The molecule has 1 saturated carbocycles. The van der Waals surface area contributed by atoms with Gasteiger partial charge < -0.3 is 5.32 Å². The van der Waals surface area contributed by atoms with Crippen LogP contribution in [0.25, 0.3) is 0 Å². The van der Waals surface area contributed by atoms with Gasteiger partial charge in [0.2, 0.25) is 0 Å². The average molecular weight is 145 g/mol. The van der Waals surface area contributed by atoms with Crippen LogP contribution >= 0.6 is 0 Å². The van der Waals surface area contributed by atoms with Crippen LogP contribution in [0.1, 0.15) is 12.8 Å². The van der Waals surface area contributed by atoms with E-state index in [0.717, 1.165) is 19.4 Å². The maximum absolute atomic E-state index is 8.85. The van der Waals surface area contributed by atoms with Gasteiger partial charge in [-0.15, -0.1) is 0 Å². The fourth-order valence-corrected chi connectivity index (χ4v) is 1.35. The van der Waals surface area contributed by atoms with Crippen molar-refractivity contribution < 1.29 is 0 Å². The lowest BCUT2D eigenvalue weighted by Gasteiger charge is -2.13. The van der Waals surface area contributed by atoms with Crippen LogP contribution in [-0.4, -0.2) is 6.54 Å². The van der Waals surface area contributed by atoms with Gasteiger partial charge in [0.15, 0.2) is 0 Å². The number of hydrogen-bond acceptors (Lipinski definition) is 2. The van der Waals surface area contributed by atoms with Crippen molar-refractivity contribution in [1.82, 2.24) is 5.32 Å².